The Morgan fingerprint density at radius 2 is 2.08 bits per heavy atom. The van der Waals surface area contributed by atoms with Crippen LogP contribution in [-0.4, -0.2) is 7.11 Å². The Hall–Kier alpha value is -1.64. The summed E-state index contributed by atoms with van der Waals surface area (Å²) in [5.41, 5.74) is 0. The Morgan fingerprint density at radius 1 is 1.25 bits per heavy atom. The van der Waals surface area contributed by atoms with Crippen molar-refractivity contribution < 1.29 is 14.2 Å². The predicted molar refractivity (Wildman–Crippen MR) is 42.2 cm³/mol. The summed E-state index contributed by atoms with van der Waals surface area (Å²) in [6.45, 7) is 0. The lowest BCUT2D eigenvalue weighted by atomic mass is 10.3. The second-order valence-corrected chi connectivity index (χ2v) is 2.23. The van der Waals surface area contributed by atoms with Gasteiger partial charge < -0.3 is 14.2 Å². The lowest BCUT2D eigenvalue weighted by Crippen LogP contribution is -1.96. The molecule has 0 saturated carbocycles. The molecular formula is C9H7O3. The van der Waals surface area contributed by atoms with Gasteiger partial charge in [0.2, 0.25) is 0 Å². The van der Waals surface area contributed by atoms with Gasteiger partial charge in [0.1, 0.15) is 18.3 Å². The Labute approximate surface area is 70.2 Å². The minimum atomic E-state index is 0.553. The number of hydrogen-bond acceptors (Lipinski definition) is 3. The van der Waals surface area contributed by atoms with E-state index in [0.717, 1.165) is 0 Å². The summed E-state index contributed by atoms with van der Waals surface area (Å²) in [5.74, 6) is 1.84. The van der Waals surface area contributed by atoms with Crippen LogP contribution in [0.15, 0.2) is 24.7 Å². The number of benzene rings is 1. The van der Waals surface area contributed by atoms with Crippen molar-refractivity contribution in [1.82, 2.24) is 0 Å². The molecule has 0 amide bonds. The maximum Gasteiger partial charge on any atom is 0.180 e. The van der Waals surface area contributed by atoms with Gasteiger partial charge in [-0.15, -0.1) is 0 Å². The molecule has 1 aliphatic rings. The zero-order valence-corrected chi connectivity index (χ0v) is 6.53. The molecule has 61 valence electrons. The minimum Gasteiger partial charge on any atom is -0.496 e. The number of fused-ring (bicyclic) bond motifs is 1. The molecule has 0 atom stereocenters. The lowest BCUT2D eigenvalue weighted by molar-refractivity contribution is 0.354. The maximum atomic E-state index is 5.13. The largest absolute Gasteiger partial charge is 0.496 e. The van der Waals surface area contributed by atoms with Gasteiger partial charge in [0.25, 0.3) is 0 Å². The molecule has 0 spiro atoms. The third-order valence-electron chi connectivity index (χ3n) is 1.50. The van der Waals surface area contributed by atoms with Crippen molar-refractivity contribution in [3.8, 4) is 17.2 Å². The van der Waals surface area contributed by atoms with Crippen LogP contribution < -0.4 is 14.2 Å². The highest BCUT2D eigenvalue weighted by atomic mass is 16.5. The first-order chi connectivity index (χ1) is 5.90. The first-order valence-corrected chi connectivity index (χ1v) is 3.49. The van der Waals surface area contributed by atoms with Crippen LogP contribution in [0.4, 0.5) is 0 Å². The average Bonchev–Trinajstić information content (AvgIpc) is 2.17. The van der Waals surface area contributed by atoms with Crippen LogP contribution in [-0.2, 0) is 0 Å². The highest BCUT2D eigenvalue weighted by molar-refractivity contribution is 5.45. The average molecular weight is 163 g/mol. The van der Waals surface area contributed by atoms with Gasteiger partial charge in [-0.1, -0.05) is 0 Å². The molecule has 0 bridgehead atoms. The first-order valence-electron chi connectivity index (χ1n) is 3.49. The molecule has 0 saturated heterocycles. The highest BCUT2D eigenvalue weighted by Gasteiger charge is 2.08. The fourth-order valence-corrected chi connectivity index (χ4v) is 0.939. The summed E-state index contributed by atoms with van der Waals surface area (Å²) < 4.78 is 15.2. The molecular weight excluding hydrogens is 156 g/mol. The van der Waals surface area contributed by atoms with Crippen LogP contribution in [0, 0.1) is 6.07 Å². The molecule has 0 aromatic heterocycles. The van der Waals surface area contributed by atoms with Gasteiger partial charge >= 0.3 is 0 Å². The number of ether oxygens (including phenoxy) is 3. The van der Waals surface area contributed by atoms with E-state index in [9.17, 15) is 0 Å². The van der Waals surface area contributed by atoms with Crippen molar-refractivity contribution in [2.24, 2.45) is 0 Å². The van der Waals surface area contributed by atoms with Crippen LogP contribution in [0.25, 0.3) is 0 Å². The normalized spacial score (nSPS) is 12.8. The van der Waals surface area contributed by atoms with E-state index in [1.54, 1.807) is 19.2 Å². The van der Waals surface area contributed by atoms with Gasteiger partial charge in [0.15, 0.2) is 11.5 Å². The summed E-state index contributed by atoms with van der Waals surface area (Å²) in [4.78, 5) is 0. The summed E-state index contributed by atoms with van der Waals surface area (Å²) in [6, 6.07) is 6.43. The van der Waals surface area contributed by atoms with Gasteiger partial charge in [-0.25, -0.2) is 0 Å². The summed E-state index contributed by atoms with van der Waals surface area (Å²) in [6.07, 6.45) is 2.93. The Kier molecular flexibility index (Phi) is 1.63. The van der Waals surface area contributed by atoms with E-state index >= 15 is 0 Å². The molecule has 12 heavy (non-hydrogen) atoms. The minimum absolute atomic E-state index is 0.553. The summed E-state index contributed by atoms with van der Waals surface area (Å²) in [5, 5.41) is 0. The Bertz CT molecular complexity index is 318. The van der Waals surface area contributed by atoms with E-state index < -0.39 is 0 Å². The highest BCUT2D eigenvalue weighted by Crippen LogP contribution is 2.32. The van der Waals surface area contributed by atoms with E-state index in [0.29, 0.717) is 17.2 Å². The zero-order valence-electron chi connectivity index (χ0n) is 6.53. The molecule has 3 nitrogen and oxygen atoms in total. The first kappa shape index (κ1) is 7.03. The molecule has 0 aliphatic carbocycles. The van der Waals surface area contributed by atoms with Crippen LogP contribution >= 0.6 is 0 Å². The van der Waals surface area contributed by atoms with Gasteiger partial charge in [0, 0.05) is 0 Å². The van der Waals surface area contributed by atoms with Crippen LogP contribution in [0.1, 0.15) is 0 Å². The fraction of sp³-hybridized carbons (Fsp3) is 0.111. The molecule has 0 N–H and O–H groups in total. The molecule has 1 radical (unpaired) electrons. The molecule has 1 aromatic carbocycles. The van der Waals surface area contributed by atoms with Gasteiger partial charge in [-0.05, 0) is 12.1 Å². The monoisotopic (exact) mass is 163 g/mol. The van der Waals surface area contributed by atoms with Crippen molar-refractivity contribution in [3.05, 3.63) is 30.7 Å². The summed E-state index contributed by atoms with van der Waals surface area (Å²) in [7, 11) is 1.58. The molecule has 2 rings (SSSR count). The number of methoxy groups -OCH3 is 1. The fourth-order valence-electron chi connectivity index (χ4n) is 0.939. The van der Waals surface area contributed by atoms with Crippen molar-refractivity contribution >= 4 is 0 Å². The molecule has 3 heteroatoms. The van der Waals surface area contributed by atoms with Crippen molar-refractivity contribution in [2.75, 3.05) is 7.11 Å². The van der Waals surface area contributed by atoms with E-state index in [1.165, 1.54) is 12.5 Å². The number of rotatable bonds is 1. The third kappa shape index (κ3) is 1.09. The lowest BCUT2D eigenvalue weighted by Gasteiger charge is -2.11. The molecule has 0 unspecified atom stereocenters. The van der Waals surface area contributed by atoms with Crippen LogP contribution in [0.2, 0.25) is 0 Å². The molecule has 1 heterocycles. The number of hydrogen-bond donors (Lipinski definition) is 0. The van der Waals surface area contributed by atoms with E-state index in [4.69, 9.17) is 14.2 Å². The topological polar surface area (TPSA) is 27.7 Å². The molecule has 0 fully saturated rings. The molecule has 1 aromatic rings. The molecule has 1 aliphatic heterocycles. The Balaban J connectivity index is 2.39. The van der Waals surface area contributed by atoms with Crippen LogP contribution in [0.5, 0.6) is 17.2 Å². The second-order valence-electron chi connectivity index (χ2n) is 2.23. The summed E-state index contributed by atoms with van der Waals surface area (Å²) >= 11 is 0. The second kappa shape index (κ2) is 2.77. The van der Waals surface area contributed by atoms with Crippen LogP contribution in [0.3, 0.4) is 0 Å². The Morgan fingerprint density at radius 3 is 2.92 bits per heavy atom. The van der Waals surface area contributed by atoms with E-state index in [-0.39, 0.29) is 0 Å². The standard InChI is InChI=1S/C9H7O3/c1-10-7-2-3-8-9(6-7)12-5-4-11-8/h2-5H,1H3. The van der Waals surface area contributed by atoms with Crippen molar-refractivity contribution in [3.63, 3.8) is 0 Å². The van der Waals surface area contributed by atoms with E-state index in [1.807, 2.05) is 0 Å². The van der Waals surface area contributed by atoms with Gasteiger partial charge in [0.05, 0.1) is 13.2 Å². The SMILES string of the molecule is COc1[c]c2c(cc1)OC=CO2. The van der Waals surface area contributed by atoms with Gasteiger partial charge in [-0.3, -0.25) is 0 Å². The van der Waals surface area contributed by atoms with Crippen molar-refractivity contribution in [1.29, 1.82) is 0 Å². The third-order valence-corrected chi connectivity index (χ3v) is 1.50. The van der Waals surface area contributed by atoms with Crippen molar-refractivity contribution in [2.45, 2.75) is 0 Å². The van der Waals surface area contributed by atoms with Gasteiger partial charge in [-0.2, -0.15) is 0 Å². The van der Waals surface area contributed by atoms with E-state index in [2.05, 4.69) is 6.07 Å². The quantitative estimate of drug-likeness (QED) is 0.631. The smallest absolute Gasteiger partial charge is 0.180 e. The zero-order chi connectivity index (χ0) is 8.39. The predicted octanol–water partition coefficient (Wildman–Crippen LogP) is 1.74. The maximum absolute atomic E-state index is 5.13.